The van der Waals surface area contributed by atoms with Crippen LogP contribution in [-0.2, 0) is 0 Å². The minimum atomic E-state index is -0.189. The van der Waals surface area contributed by atoms with Crippen LogP contribution in [-0.4, -0.2) is 17.1 Å². The molecule has 114 valence electrons. The monoisotopic (exact) mass is 296 g/mol. The highest BCUT2D eigenvalue weighted by molar-refractivity contribution is 5.88. The fourth-order valence-corrected chi connectivity index (χ4v) is 2.26. The zero-order valence-electron chi connectivity index (χ0n) is 12.8. The number of nitrogens with zero attached hydrogens (tertiary/aromatic N) is 1. The third-order valence-corrected chi connectivity index (χ3v) is 3.67. The highest BCUT2D eigenvalue weighted by Crippen LogP contribution is 2.24. The number of aromatic nitrogens is 1. The summed E-state index contributed by atoms with van der Waals surface area (Å²) in [6.45, 7) is 4.14. The molecule has 0 radical (unpaired) electrons. The Morgan fingerprint density at radius 3 is 2.45 bits per heavy atom. The molecule has 0 atom stereocenters. The predicted octanol–water partition coefficient (Wildman–Crippen LogP) is 3.73. The molecule has 0 aliphatic heterocycles. The Morgan fingerprint density at radius 1 is 1.14 bits per heavy atom. The average molecular weight is 296 g/mol. The lowest BCUT2D eigenvalue weighted by molar-refractivity contribution is 0.251. The molecule has 1 aliphatic carbocycles. The summed E-state index contributed by atoms with van der Waals surface area (Å²) in [4.78, 5) is 15.9. The van der Waals surface area contributed by atoms with Crippen molar-refractivity contribution >= 4 is 23.2 Å². The molecule has 22 heavy (non-hydrogen) atoms. The SMILES string of the molecule is Cc1cccc(C)c1Nc1ccc(NC(=O)NC2CC2)nc1. The van der Waals surface area contributed by atoms with E-state index >= 15 is 0 Å². The van der Waals surface area contributed by atoms with Gasteiger partial charge in [0.2, 0.25) is 0 Å². The largest absolute Gasteiger partial charge is 0.354 e. The fourth-order valence-electron chi connectivity index (χ4n) is 2.26. The summed E-state index contributed by atoms with van der Waals surface area (Å²) >= 11 is 0. The van der Waals surface area contributed by atoms with E-state index in [0.717, 1.165) is 24.2 Å². The number of anilines is 3. The average Bonchev–Trinajstić information content (AvgIpc) is 3.29. The van der Waals surface area contributed by atoms with Crippen LogP contribution in [0.3, 0.4) is 0 Å². The molecule has 0 unspecified atom stereocenters. The first-order valence-electron chi connectivity index (χ1n) is 7.48. The Kier molecular flexibility index (Phi) is 3.96. The van der Waals surface area contributed by atoms with Crippen LogP contribution in [0.5, 0.6) is 0 Å². The number of aryl methyl sites for hydroxylation is 2. The summed E-state index contributed by atoms with van der Waals surface area (Å²) in [5.41, 5.74) is 4.36. The van der Waals surface area contributed by atoms with Crippen LogP contribution in [0.15, 0.2) is 36.5 Å². The maximum Gasteiger partial charge on any atom is 0.320 e. The number of carbonyl (C=O) groups is 1. The van der Waals surface area contributed by atoms with Crippen molar-refractivity contribution in [2.45, 2.75) is 32.7 Å². The Morgan fingerprint density at radius 2 is 1.86 bits per heavy atom. The first-order valence-corrected chi connectivity index (χ1v) is 7.48. The summed E-state index contributed by atoms with van der Waals surface area (Å²) in [7, 11) is 0. The number of urea groups is 1. The van der Waals surface area contributed by atoms with Gasteiger partial charge in [0.25, 0.3) is 0 Å². The van der Waals surface area contributed by atoms with E-state index in [9.17, 15) is 4.79 Å². The lowest BCUT2D eigenvalue weighted by Gasteiger charge is -2.13. The molecular formula is C17H20N4O. The quantitative estimate of drug-likeness (QED) is 0.805. The van der Waals surface area contributed by atoms with E-state index in [2.05, 4.69) is 46.9 Å². The first kappa shape index (κ1) is 14.4. The normalized spacial score (nSPS) is 13.5. The summed E-state index contributed by atoms with van der Waals surface area (Å²) in [6.07, 6.45) is 3.86. The molecule has 3 N–H and O–H groups in total. The molecule has 3 rings (SSSR count). The molecule has 0 spiro atoms. The maximum absolute atomic E-state index is 11.7. The molecule has 2 aromatic rings. The minimum absolute atomic E-state index is 0.189. The molecule has 0 bridgehead atoms. The van der Waals surface area contributed by atoms with Crippen molar-refractivity contribution in [3.05, 3.63) is 47.7 Å². The zero-order valence-corrected chi connectivity index (χ0v) is 12.8. The molecule has 1 aromatic heterocycles. The highest BCUT2D eigenvalue weighted by Gasteiger charge is 2.23. The molecule has 1 aliphatic rings. The van der Waals surface area contributed by atoms with E-state index in [-0.39, 0.29) is 6.03 Å². The van der Waals surface area contributed by atoms with Gasteiger partial charge in [-0.3, -0.25) is 5.32 Å². The first-order chi connectivity index (χ1) is 10.6. The van der Waals surface area contributed by atoms with Gasteiger partial charge in [0, 0.05) is 11.7 Å². The zero-order chi connectivity index (χ0) is 15.5. The number of nitrogens with one attached hydrogen (secondary N) is 3. The molecule has 5 nitrogen and oxygen atoms in total. The van der Waals surface area contributed by atoms with Gasteiger partial charge in [-0.1, -0.05) is 18.2 Å². The van der Waals surface area contributed by atoms with Gasteiger partial charge in [-0.25, -0.2) is 9.78 Å². The second-order valence-corrected chi connectivity index (χ2v) is 5.70. The Bertz CT molecular complexity index is 657. The molecule has 1 aromatic carbocycles. The van der Waals surface area contributed by atoms with Crippen molar-refractivity contribution in [1.82, 2.24) is 10.3 Å². The van der Waals surface area contributed by atoms with Crippen molar-refractivity contribution < 1.29 is 4.79 Å². The highest BCUT2D eigenvalue weighted by atomic mass is 16.2. The number of rotatable bonds is 4. The van der Waals surface area contributed by atoms with Crippen LogP contribution in [0.25, 0.3) is 0 Å². The number of hydrogen-bond donors (Lipinski definition) is 3. The number of pyridine rings is 1. The number of carbonyl (C=O) groups excluding carboxylic acids is 1. The topological polar surface area (TPSA) is 66.0 Å². The number of para-hydroxylation sites is 1. The Hall–Kier alpha value is -2.56. The maximum atomic E-state index is 11.7. The van der Waals surface area contributed by atoms with Crippen LogP contribution < -0.4 is 16.0 Å². The van der Waals surface area contributed by atoms with Gasteiger partial charge in [-0.2, -0.15) is 0 Å². The van der Waals surface area contributed by atoms with Gasteiger partial charge < -0.3 is 10.6 Å². The molecule has 1 saturated carbocycles. The van der Waals surface area contributed by atoms with E-state index < -0.39 is 0 Å². The Labute approximate surface area is 130 Å². The van der Waals surface area contributed by atoms with Crippen LogP contribution in [0.2, 0.25) is 0 Å². The smallest absolute Gasteiger partial charge is 0.320 e. The Balaban J connectivity index is 1.64. The number of hydrogen-bond acceptors (Lipinski definition) is 3. The van der Waals surface area contributed by atoms with Crippen molar-refractivity contribution in [3.63, 3.8) is 0 Å². The second-order valence-electron chi connectivity index (χ2n) is 5.70. The van der Waals surface area contributed by atoms with Gasteiger partial charge in [0.15, 0.2) is 0 Å². The van der Waals surface area contributed by atoms with E-state index in [1.165, 1.54) is 11.1 Å². The summed E-state index contributed by atoms with van der Waals surface area (Å²) in [5.74, 6) is 0.546. The molecule has 0 saturated heterocycles. The van der Waals surface area contributed by atoms with E-state index in [4.69, 9.17) is 0 Å². The van der Waals surface area contributed by atoms with Gasteiger partial charge in [0.1, 0.15) is 5.82 Å². The third-order valence-electron chi connectivity index (χ3n) is 3.67. The van der Waals surface area contributed by atoms with Crippen LogP contribution in [0.4, 0.5) is 22.0 Å². The van der Waals surface area contributed by atoms with E-state index in [1.54, 1.807) is 12.3 Å². The number of benzene rings is 1. The lowest BCUT2D eigenvalue weighted by atomic mass is 10.1. The molecule has 5 heteroatoms. The molecule has 1 fully saturated rings. The fraction of sp³-hybridized carbons (Fsp3) is 0.294. The van der Waals surface area contributed by atoms with Gasteiger partial charge in [0.05, 0.1) is 11.9 Å². The van der Waals surface area contributed by atoms with Crippen molar-refractivity contribution in [2.24, 2.45) is 0 Å². The summed E-state index contributed by atoms with van der Waals surface area (Å²) in [5, 5.41) is 8.98. The van der Waals surface area contributed by atoms with Crippen molar-refractivity contribution in [3.8, 4) is 0 Å². The minimum Gasteiger partial charge on any atom is -0.354 e. The van der Waals surface area contributed by atoms with Gasteiger partial charge in [-0.05, 0) is 49.9 Å². The third kappa shape index (κ3) is 3.55. The number of amides is 2. The summed E-state index contributed by atoms with van der Waals surface area (Å²) < 4.78 is 0. The van der Waals surface area contributed by atoms with Crippen LogP contribution >= 0.6 is 0 Å². The standard InChI is InChI=1S/C17H20N4O/c1-11-4-3-5-12(2)16(11)19-14-8-9-15(18-10-14)21-17(22)20-13-6-7-13/h3-5,8-10,13,19H,6-7H2,1-2H3,(H2,18,20,21,22). The van der Waals surface area contributed by atoms with Crippen molar-refractivity contribution in [2.75, 3.05) is 10.6 Å². The van der Waals surface area contributed by atoms with E-state index in [1.807, 2.05) is 12.1 Å². The lowest BCUT2D eigenvalue weighted by Crippen LogP contribution is -2.30. The molecule has 2 amide bonds. The molecule has 1 heterocycles. The van der Waals surface area contributed by atoms with Gasteiger partial charge in [-0.15, -0.1) is 0 Å². The van der Waals surface area contributed by atoms with Crippen LogP contribution in [0, 0.1) is 13.8 Å². The summed E-state index contributed by atoms with van der Waals surface area (Å²) in [6, 6.07) is 10.0. The molecular weight excluding hydrogens is 276 g/mol. The van der Waals surface area contributed by atoms with Crippen molar-refractivity contribution in [1.29, 1.82) is 0 Å². The second kappa shape index (κ2) is 6.05. The van der Waals surface area contributed by atoms with E-state index in [0.29, 0.717) is 11.9 Å². The predicted molar refractivity (Wildman–Crippen MR) is 88.6 cm³/mol. The van der Waals surface area contributed by atoms with Crippen LogP contribution in [0.1, 0.15) is 24.0 Å². The van der Waals surface area contributed by atoms with Gasteiger partial charge >= 0.3 is 6.03 Å².